The number of halogens is 2. The van der Waals surface area contributed by atoms with E-state index in [0.717, 1.165) is 26.8 Å². The Morgan fingerprint density at radius 2 is 1.65 bits per heavy atom. The minimum Gasteiger partial charge on any atom is -0.271 e. The van der Waals surface area contributed by atoms with Gasteiger partial charge < -0.3 is 0 Å². The Kier molecular flexibility index (Phi) is 5.05. The molecular weight excluding hydrogens is 408 g/mol. The Balaban J connectivity index is 1.81. The molecule has 0 bridgehead atoms. The van der Waals surface area contributed by atoms with Crippen molar-refractivity contribution in [1.29, 1.82) is 0 Å². The van der Waals surface area contributed by atoms with Crippen molar-refractivity contribution in [1.82, 2.24) is 25.0 Å². The number of rotatable bonds is 4. The fourth-order valence-corrected chi connectivity index (χ4v) is 3.58. The lowest BCUT2D eigenvalue weighted by atomic mass is 9.96. The molecule has 2 N–H and O–H groups in total. The summed E-state index contributed by atoms with van der Waals surface area (Å²) in [5, 5.41) is 11.5. The summed E-state index contributed by atoms with van der Waals surface area (Å²) in [6.07, 6.45) is -2.71. The summed E-state index contributed by atoms with van der Waals surface area (Å²) < 4.78 is 26.8. The zero-order valence-electron chi connectivity index (χ0n) is 16.6. The van der Waals surface area contributed by atoms with Crippen LogP contribution in [0.25, 0.3) is 16.5 Å². The minimum absolute atomic E-state index is 0.251. The number of aromatic nitrogens is 5. The van der Waals surface area contributed by atoms with Gasteiger partial charge in [0.05, 0.1) is 16.8 Å². The van der Waals surface area contributed by atoms with Crippen molar-refractivity contribution in [2.45, 2.75) is 26.7 Å². The molecule has 0 unspecified atom stereocenters. The quantitative estimate of drug-likeness (QED) is 0.521. The Bertz CT molecular complexity index is 1460. The maximum Gasteiger partial charge on any atom is 0.349 e. The summed E-state index contributed by atoms with van der Waals surface area (Å²) in [6.45, 7) is 3.62. The molecule has 0 fully saturated rings. The molecule has 0 saturated carbocycles. The van der Waals surface area contributed by atoms with E-state index in [0.29, 0.717) is 17.5 Å². The van der Waals surface area contributed by atoms with Gasteiger partial charge in [0.25, 0.3) is 17.5 Å². The molecule has 31 heavy (non-hydrogen) atoms. The van der Waals surface area contributed by atoms with Crippen molar-refractivity contribution in [3.63, 3.8) is 0 Å². The molecule has 2 aromatic carbocycles. The maximum atomic E-state index is 13.0. The Morgan fingerprint density at radius 3 is 2.29 bits per heavy atom. The van der Waals surface area contributed by atoms with Crippen molar-refractivity contribution < 1.29 is 8.78 Å². The van der Waals surface area contributed by atoms with Crippen LogP contribution in [0, 0.1) is 13.8 Å². The van der Waals surface area contributed by atoms with Crippen LogP contribution in [0.15, 0.2) is 50.8 Å². The van der Waals surface area contributed by atoms with E-state index in [1.807, 2.05) is 31.0 Å². The Labute approximate surface area is 173 Å². The van der Waals surface area contributed by atoms with Crippen molar-refractivity contribution in [2.75, 3.05) is 0 Å². The highest BCUT2D eigenvalue weighted by atomic mass is 19.3. The number of nitrogens with one attached hydrogen (secondary N) is 2. The second-order valence-corrected chi connectivity index (χ2v) is 7.14. The predicted molar refractivity (Wildman–Crippen MR) is 110 cm³/mol. The van der Waals surface area contributed by atoms with Crippen LogP contribution < -0.4 is 16.8 Å². The second-order valence-electron chi connectivity index (χ2n) is 7.14. The van der Waals surface area contributed by atoms with Gasteiger partial charge in [-0.2, -0.15) is 14.9 Å². The molecule has 0 aliphatic rings. The van der Waals surface area contributed by atoms with Crippen molar-refractivity contribution in [3.8, 4) is 5.69 Å². The first-order valence-corrected chi connectivity index (χ1v) is 9.34. The van der Waals surface area contributed by atoms with Gasteiger partial charge in [-0.15, -0.1) is 0 Å². The van der Waals surface area contributed by atoms with E-state index in [9.17, 15) is 23.2 Å². The highest BCUT2D eigenvalue weighted by molar-refractivity contribution is 5.83. The molecule has 2 aromatic heterocycles. The monoisotopic (exact) mass is 425 g/mol. The zero-order valence-corrected chi connectivity index (χ0v) is 16.6. The van der Waals surface area contributed by atoms with Crippen LogP contribution in [-0.4, -0.2) is 25.0 Å². The molecule has 2 heterocycles. The van der Waals surface area contributed by atoms with Gasteiger partial charge in [0.15, 0.2) is 5.69 Å². The number of aromatic amines is 2. The third-order valence-electron chi connectivity index (χ3n) is 5.10. The largest absolute Gasteiger partial charge is 0.349 e. The van der Waals surface area contributed by atoms with Crippen LogP contribution in [0.4, 0.5) is 8.78 Å². The molecule has 0 atom stereocenters. The summed E-state index contributed by atoms with van der Waals surface area (Å²) in [7, 11) is 0. The average Bonchev–Trinajstić information content (AvgIpc) is 2.72. The number of alkyl halides is 2. The van der Waals surface area contributed by atoms with E-state index in [-0.39, 0.29) is 11.2 Å². The lowest BCUT2D eigenvalue weighted by molar-refractivity contribution is 0.141. The van der Waals surface area contributed by atoms with Gasteiger partial charge in [-0.1, -0.05) is 18.2 Å². The number of hydrogen-bond acceptors (Lipinski definition) is 5. The molecule has 158 valence electrons. The fourth-order valence-electron chi connectivity index (χ4n) is 3.58. The van der Waals surface area contributed by atoms with Gasteiger partial charge >= 0.3 is 5.69 Å². The van der Waals surface area contributed by atoms with E-state index < -0.39 is 23.4 Å². The predicted octanol–water partition coefficient (Wildman–Crippen LogP) is 2.30. The molecule has 0 radical (unpaired) electrons. The number of aryl methyl sites for hydroxylation is 2. The van der Waals surface area contributed by atoms with E-state index >= 15 is 0 Å². The third kappa shape index (κ3) is 3.67. The first-order valence-electron chi connectivity index (χ1n) is 9.34. The summed E-state index contributed by atoms with van der Waals surface area (Å²) in [5.74, 6) is 0. The molecular formula is C21H17F2N5O3. The molecule has 0 aliphatic heterocycles. The lowest BCUT2D eigenvalue weighted by Gasteiger charge is -2.14. The SMILES string of the molecule is Cc1cc(-n2nc(C(F)F)c(=O)[nH]c2=O)cc(C)c1Cc1n[nH]c(=O)c2ccccc12. The summed E-state index contributed by atoms with van der Waals surface area (Å²) in [6, 6.07) is 10.4. The summed E-state index contributed by atoms with van der Waals surface area (Å²) in [4.78, 5) is 37.6. The molecule has 0 amide bonds. The second kappa shape index (κ2) is 7.71. The first kappa shape index (κ1) is 20.3. The van der Waals surface area contributed by atoms with Crippen LogP contribution in [0.3, 0.4) is 0 Å². The molecule has 8 nitrogen and oxygen atoms in total. The number of hydrogen-bond donors (Lipinski definition) is 2. The Morgan fingerprint density at radius 1 is 1.00 bits per heavy atom. The highest BCUT2D eigenvalue weighted by Crippen LogP contribution is 2.23. The van der Waals surface area contributed by atoms with Crippen LogP contribution in [0.5, 0.6) is 0 Å². The smallest absolute Gasteiger partial charge is 0.271 e. The molecule has 4 rings (SSSR count). The van der Waals surface area contributed by atoms with Gasteiger partial charge in [0.2, 0.25) is 0 Å². The van der Waals surface area contributed by atoms with Crippen molar-refractivity contribution in [2.24, 2.45) is 0 Å². The minimum atomic E-state index is -3.11. The number of nitrogens with zero attached hydrogens (tertiary/aromatic N) is 3. The maximum absolute atomic E-state index is 13.0. The van der Waals surface area contributed by atoms with E-state index in [4.69, 9.17) is 0 Å². The fraction of sp³-hybridized carbons (Fsp3) is 0.190. The van der Waals surface area contributed by atoms with E-state index in [1.54, 1.807) is 24.3 Å². The summed E-state index contributed by atoms with van der Waals surface area (Å²) in [5.41, 5.74) is -0.0539. The van der Waals surface area contributed by atoms with Crippen molar-refractivity contribution >= 4 is 10.8 Å². The van der Waals surface area contributed by atoms with Gasteiger partial charge in [-0.25, -0.2) is 18.7 Å². The molecule has 10 heteroatoms. The number of fused-ring (bicyclic) bond motifs is 1. The number of H-pyrrole nitrogens is 2. The topological polar surface area (TPSA) is 114 Å². The normalized spacial score (nSPS) is 11.4. The average molecular weight is 425 g/mol. The zero-order chi connectivity index (χ0) is 22.3. The molecule has 0 saturated heterocycles. The van der Waals surface area contributed by atoms with Gasteiger partial charge in [0.1, 0.15) is 0 Å². The summed E-state index contributed by atoms with van der Waals surface area (Å²) >= 11 is 0. The third-order valence-corrected chi connectivity index (χ3v) is 5.10. The van der Waals surface area contributed by atoms with Gasteiger partial charge in [-0.3, -0.25) is 14.6 Å². The first-order chi connectivity index (χ1) is 14.8. The molecule has 0 spiro atoms. The van der Waals surface area contributed by atoms with Crippen molar-refractivity contribution in [3.05, 3.63) is 95.7 Å². The van der Waals surface area contributed by atoms with Crippen LogP contribution >= 0.6 is 0 Å². The van der Waals surface area contributed by atoms with Crippen LogP contribution in [-0.2, 0) is 6.42 Å². The standard InChI is InChI=1S/C21H17F2N5O3/c1-10-7-12(28-21(31)24-20(30)17(27-28)18(22)23)8-11(2)15(10)9-16-13-5-3-4-6-14(13)19(29)26-25-16/h3-8,18H,9H2,1-2H3,(H,26,29)(H,24,30,31). The van der Waals surface area contributed by atoms with E-state index in [2.05, 4.69) is 15.3 Å². The lowest BCUT2D eigenvalue weighted by Crippen LogP contribution is -2.34. The molecule has 0 aliphatic carbocycles. The number of benzene rings is 2. The van der Waals surface area contributed by atoms with Crippen LogP contribution in [0.1, 0.15) is 34.5 Å². The van der Waals surface area contributed by atoms with E-state index in [1.165, 1.54) is 0 Å². The highest BCUT2D eigenvalue weighted by Gasteiger charge is 2.18. The van der Waals surface area contributed by atoms with Gasteiger partial charge in [0, 0.05) is 11.8 Å². The van der Waals surface area contributed by atoms with Gasteiger partial charge in [-0.05, 0) is 48.7 Å². The Hall–Kier alpha value is -3.95. The molecule has 4 aromatic rings. The van der Waals surface area contributed by atoms with Crippen LogP contribution in [0.2, 0.25) is 0 Å².